The summed E-state index contributed by atoms with van der Waals surface area (Å²) in [6, 6.07) is 6.02. The van der Waals surface area contributed by atoms with Crippen molar-refractivity contribution in [2.75, 3.05) is 29.9 Å². The minimum atomic E-state index is -2.55. The minimum absolute atomic E-state index is 0.109. The standard InChI is InChI=1S/C20H27F2N5S/c1-4-8-23-18-12-17(27-9-6-20(21,22)7-10-27)11-15(24-18)14-28-19-13-16(5-2)26(3)25-19/h4,11-13H,1,5-10,14H2,2-3H3,(H,23,24). The highest BCUT2D eigenvalue weighted by atomic mass is 32.2. The van der Waals surface area contributed by atoms with Crippen LogP contribution >= 0.6 is 11.8 Å². The first-order valence-corrected chi connectivity index (χ1v) is 10.5. The maximum atomic E-state index is 13.5. The summed E-state index contributed by atoms with van der Waals surface area (Å²) in [5, 5.41) is 8.71. The first kappa shape index (κ1) is 20.6. The van der Waals surface area contributed by atoms with Gasteiger partial charge < -0.3 is 10.2 Å². The van der Waals surface area contributed by atoms with Gasteiger partial charge >= 0.3 is 0 Å². The van der Waals surface area contributed by atoms with Gasteiger partial charge in [0.15, 0.2) is 0 Å². The summed E-state index contributed by atoms with van der Waals surface area (Å²) < 4.78 is 28.9. The number of thioether (sulfide) groups is 1. The van der Waals surface area contributed by atoms with E-state index < -0.39 is 5.92 Å². The molecule has 0 aliphatic carbocycles. The van der Waals surface area contributed by atoms with E-state index in [1.807, 2.05) is 28.8 Å². The minimum Gasteiger partial charge on any atom is -0.371 e. The first-order valence-electron chi connectivity index (χ1n) is 9.54. The lowest BCUT2D eigenvalue weighted by atomic mass is 10.1. The van der Waals surface area contributed by atoms with E-state index in [2.05, 4.69) is 35.0 Å². The van der Waals surface area contributed by atoms with Crippen LogP contribution in [0.1, 0.15) is 31.2 Å². The smallest absolute Gasteiger partial charge is 0.251 e. The molecule has 8 heteroatoms. The molecule has 0 atom stereocenters. The average molecular weight is 408 g/mol. The normalized spacial score (nSPS) is 16.2. The average Bonchev–Trinajstić information content (AvgIpc) is 3.04. The molecule has 3 rings (SSSR count). The fourth-order valence-corrected chi connectivity index (χ4v) is 4.06. The van der Waals surface area contributed by atoms with Gasteiger partial charge in [0, 0.05) is 62.7 Å². The molecular weight excluding hydrogens is 380 g/mol. The van der Waals surface area contributed by atoms with Crippen LogP contribution in [0.15, 0.2) is 35.9 Å². The zero-order valence-corrected chi connectivity index (χ0v) is 17.2. The highest BCUT2D eigenvalue weighted by Crippen LogP contribution is 2.32. The highest BCUT2D eigenvalue weighted by Gasteiger charge is 2.34. The number of pyridine rings is 1. The maximum absolute atomic E-state index is 13.5. The van der Waals surface area contributed by atoms with Crippen molar-refractivity contribution in [1.82, 2.24) is 14.8 Å². The maximum Gasteiger partial charge on any atom is 0.251 e. The second-order valence-electron chi connectivity index (χ2n) is 6.95. The van der Waals surface area contributed by atoms with Crippen molar-refractivity contribution in [3.05, 3.63) is 42.2 Å². The van der Waals surface area contributed by atoms with Crippen LogP contribution in [0.5, 0.6) is 0 Å². The largest absolute Gasteiger partial charge is 0.371 e. The van der Waals surface area contributed by atoms with Gasteiger partial charge in [-0.05, 0) is 18.6 Å². The van der Waals surface area contributed by atoms with E-state index in [-0.39, 0.29) is 12.8 Å². The number of piperidine rings is 1. The molecule has 152 valence electrons. The van der Waals surface area contributed by atoms with E-state index in [1.165, 1.54) is 5.69 Å². The Hall–Kier alpha value is -2.09. The summed E-state index contributed by atoms with van der Waals surface area (Å²) in [6.07, 6.45) is 2.49. The topological polar surface area (TPSA) is 46.0 Å². The van der Waals surface area contributed by atoms with Crippen LogP contribution in [0.3, 0.4) is 0 Å². The molecule has 0 saturated carbocycles. The van der Waals surface area contributed by atoms with Gasteiger partial charge in [-0.3, -0.25) is 4.68 Å². The third-order valence-electron chi connectivity index (χ3n) is 4.84. The van der Waals surface area contributed by atoms with Crippen molar-refractivity contribution >= 4 is 23.3 Å². The molecule has 28 heavy (non-hydrogen) atoms. The number of halogens is 2. The van der Waals surface area contributed by atoms with Crippen molar-refractivity contribution in [1.29, 1.82) is 0 Å². The number of hydrogen-bond donors (Lipinski definition) is 1. The van der Waals surface area contributed by atoms with E-state index in [4.69, 9.17) is 0 Å². The molecule has 1 N–H and O–H groups in total. The predicted octanol–water partition coefficient (Wildman–Crippen LogP) is 4.50. The number of nitrogens with zero attached hydrogens (tertiary/aromatic N) is 4. The quantitative estimate of drug-likeness (QED) is 0.516. The van der Waals surface area contributed by atoms with Crippen LogP contribution in [0.4, 0.5) is 20.3 Å². The van der Waals surface area contributed by atoms with Gasteiger partial charge in [0.1, 0.15) is 10.8 Å². The van der Waals surface area contributed by atoms with Crippen LogP contribution in [0.2, 0.25) is 0 Å². The molecule has 0 aromatic carbocycles. The molecule has 2 aromatic heterocycles. The molecule has 1 saturated heterocycles. The van der Waals surface area contributed by atoms with Gasteiger partial charge in [0.25, 0.3) is 5.92 Å². The van der Waals surface area contributed by atoms with Gasteiger partial charge in [0.2, 0.25) is 0 Å². The predicted molar refractivity (Wildman–Crippen MR) is 111 cm³/mol. The van der Waals surface area contributed by atoms with Gasteiger partial charge in [-0.1, -0.05) is 24.8 Å². The number of rotatable bonds is 8. The van der Waals surface area contributed by atoms with Crippen molar-refractivity contribution < 1.29 is 8.78 Å². The monoisotopic (exact) mass is 407 g/mol. The van der Waals surface area contributed by atoms with Crippen molar-refractivity contribution in [3.8, 4) is 0 Å². The fourth-order valence-electron chi connectivity index (χ4n) is 3.21. The van der Waals surface area contributed by atoms with Crippen LogP contribution in [0, 0.1) is 0 Å². The van der Waals surface area contributed by atoms with E-state index in [0.717, 1.165) is 28.6 Å². The van der Waals surface area contributed by atoms with Crippen LogP contribution in [-0.4, -0.2) is 40.3 Å². The third kappa shape index (κ3) is 5.25. The number of nitrogens with one attached hydrogen (secondary N) is 1. The van der Waals surface area contributed by atoms with Gasteiger partial charge in [-0.2, -0.15) is 5.10 Å². The second kappa shape index (κ2) is 8.94. The Labute approximate surface area is 169 Å². The Morgan fingerprint density at radius 1 is 1.29 bits per heavy atom. The molecule has 3 heterocycles. The van der Waals surface area contributed by atoms with E-state index in [1.54, 1.807) is 17.8 Å². The van der Waals surface area contributed by atoms with Crippen LogP contribution in [-0.2, 0) is 19.2 Å². The molecular formula is C20H27F2N5S. The first-order chi connectivity index (χ1) is 13.4. The Morgan fingerprint density at radius 3 is 2.68 bits per heavy atom. The van der Waals surface area contributed by atoms with Crippen molar-refractivity contribution in [2.24, 2.45) is 7.05 Å². The molecule has 1 aliphatic rings. The summed E-state index contributed by atoms with van der Waals surface area (Å²) in [4.78, 5) is 6.69. The summed E-state index contributed by atoms with van der Waals surface area (Å²) in [5.74, 6) is -1.15. The lowest BCUT2D eigenvalue weighted by molar-refractivity contribution is -0.0220. The van der Waals surface area contributed by atoms with E-state index in [9.17, 15) is 8.78 Å². The molecule has 0 radical (unpaired) electrons. The molecule has 1 aliphatic heterocycles. The Kier molecular flexibility index (Phi) is 6.59. The van der Waals surface area contributed by atoms with Crippen LogP contribution < -0.4 is 10.2 Å². The van der Waals surface area contributed by atoms with Gasteiger partial charge in [-0.25, -0.2) is 13.8 Å². The van der Waals surface area contributed by atoms with Gasteiger partial charge in [0.05, 0.1) is 5.69 Å². The van der Waals surface area contributed by atoms with E-state index >= 15 is 0 Å². The summed E-state index contributed by atoms with van der Waals surface area (Å²) in [6.45, 7) is 7.13. The zero-order valence-electron chi connectivity index (χ0n) is 16.4. The number of aromatic nitrogens is 3. The Bertz CT molecular complexity index is 811. The molecule has 0 bridgehead atoms. The summed E-state index contributed by atoms with van der Waals surface area (Å²) in [7, 11) is 1.95. The SMILES string of the molecule is C=CCNc1cc(N2CCC(F)(F)CC2)cc(CSc2cc(CC)n(C)n2)n1. The molecule has 5 nitrogen and oxygen atoms in total. The van der Waals surface area contributed by atoms with Crippen molar-refractivity contribution in [3.63, 3.8) is 0 Å². The highest BCUT2D eigenvalue weighted by molar-refractivity contribution is 7.98. The second-order valence-corrected chi connectivity index (χ2v) is 7.95. The Balaban J connectivity index is 1.76. The number of hydrogen-bond acceptors (Lipinski definition) is 5. The zero-order chi connectivity index (χ0) is 20.1. The van der Waals surface area contributed by atoms with Crippen LogP contribution in [0.25, 0.3) is 0 Å². The number of alkyl halides is 2. The van der Waals surface area contributed by atoms with Gasteiger partial charge in [-0.15, -0.1) is 6.58 Å². The number of anilines is 2. The lowest BCUT2D eigenvalue weighted by Crippen LogP contribution is -2.39. The molecule has 0 spiro atoms. The lowest BCUT2D eigenvalue weighted by Gasteiger charge is -2.33. The molecule has 0 unspecified atom stereocenters. The molecule has 2 aromatic rings. The number of aryl methyl sites for hydroxylation is 2. The van der Waals surface area contributed by atoms with E-state index in [0.29, 0.717) is 25.4 Å². The summed E-state index contributed by atoms with van der Waals surface area (Å²) >= 11 is 1.63. The Morgan fingerprint density at radius 2 is 2.04 bits per heavy atom. The molecule has 1 fully saturated rings. The third-order valence-corrected chi connectivity index (χ3v) is 5.77. The molecule has 0 amide bonds. The summed E-state index contributed by atoms with van der Waals surface area (Å²) in [5.41, 5.74) is 3.02. The fraction of sp³-hybridized carbons (Fsp3) is 0.500. The van der Waals surface area contributed by atoms with Crippen molar-refractivity contribution in [2.45, 2.75) is 42.9 Å².